The van der Waals surface area contributed by atoms with Crippen LogP contribution in [0.25, 0.3) is 55.2 Å². The number of benzene rings is 5. The van der Waals surface area contributed by atoms with Crippen LogP contribution in [0.15, 0.2) is 107 Å². The third-order valence-electron chi connectivity index (χ3n) is 9.61. The van der Waals surface area contributed by atoms with Crippen molar-refractivity contribution in [2.75, 3.05) is 0 Å². The average Bonchev–Trinajstić information content (AvgIpc) is 3.50. The lowest BCUT2D eigenvalue weighted by Crippen LogP contribution is -2.17. The summed E-state index contributed by atoms with van der Waals surface area (Å²) in [5, 5.41) is 15.8. The molecule has 50 heavy (non-hydrogen) atoms. The molecule has 1 N–H and O–H groups in total. The van der Waals surface area contributed by atoms with Crippen LogP contribution in [0.3, 0.4) is 0 Å². The maximum absolute atomic E-state index is 11.6. The van der Waals surface area contributed by atoms with E-state index < -0.39 is 0 Å². The van der Waals surface area contributed by atoms with Crippen LogP contribution < -0.4 is 0 Å². The van der Waals surface area contributed by atoms with Gasteiger partial charge in [0, 0.05) is 46.1 Å². The van der Waals surface area contributed by atoms with Gasteiger partial charge < -0.3 is 9.52 Å². The molecule has 7 aromatic rings. The molecular weight excluding hydrogens is 615 g/mol. The summed E-state index contributed by atoms with van der Waals surface area (Å²) < 4.78 is 6.71. The monoisotopic (exact) mass is 659 g/mol. The molecule has 5 heteroatoms. The van der Waals surface area contributed by atoms with Gasteiger partial charge >= 0.3 is 0 Å². The van der Waals surface area contributed by atoms with Crippen LogP contribution in [0.2, 0.25) is 0 Å². The molecule has 2 heterocycles. The predicted octanol–water partition coefficient (Wildman–Crippen LogP) is 12.2. The topological polar surface area (TPSA) is 71.5 Å². The lowest BCUT2D eigenvalue weighted by molar-refractivity contribution is 0.444. The van der Waals surface area contributed by atoms with Crippen molar-refractivity contribution in [1.82, 2.24) is 9.97 Å². The van der Waals surface area contributed by atoms with Gasteiger partial charge in [-0.25, -0.2) is 4.98 Å². The Labute approximate surface area is 294 Å². The summed E-state index contributed by atoms with van der Waals surface area (Å²) >= 11 is 0. The highest BCUT2D eigenvalue weighted by molar-refractivity contribution is 6.05. The molecule has 5 aromatic carbocycles. The number of phenols is 1. The lowest BCUT2D eigenvalue weighted by atomic mass is 9.79. The van der Waals surface area contributed by atoms with Gasteiger partial charge in [-0.1, -0.05) is 117 Å². The molecule has 2 aromatic heterocycles. The fourth-order valence-corrected chi connectivity index (χ4v) is 6.60. The number of phenolic OH excluding ortho intramolecular Hbond substituents is 1. The van der Waals surface area contributed by atoms with Crippen LogP contribution in [-0.4, -0.2) is 21.3 Å². The summed E-state index contributed by atoms with van der Waals surface area (Å²) in [4.78, 5) is 14.7. The van der Waals surface area contributed by atoms with Gasteiger partial charge in [-0.3, -0.25) is 9.98 Å². The van der Waals surface area contributed by atoms with Crippen molar-refractivity contribution >= 4 is 44.5 Å². The molecule has 0 unspecified atom stereocenters. The van der Waals surface area contributed by atoms with Crippen molar-refractivity contribution in [3.05, 3.63) is 120 Å². The largest absolute Gasteiger partial charge is 0.507 e. The first-order chi connectivity index (χ1) is 23.6. The highest BCUT2D eigenvalue weighted by Crippen LogP contribution is 2.43. The molecule has 0 aliphatic heterocycles. The van der Waals surface area contributed by atoms with E-state index in [0.717, 1.165) is 71.7 Å². The second kappa shape index (κ2) is 11.9. The van der Waals surface area contributed by atoms with Crippen molar-refractivity contribution in [3.8, 4) is 28.3 Å². The van der Waals surface area contributed by atoms with Crippen LogP contribution in [0, 0.1) is 0 Å². The van der Waals surface area contributed by atoms with Gasteiger partial charge in [-0.15, -0.1) is 0 Å². The van der Waals surface area contributed by atoms with Gasteiger partial charge in [-0.05, 0) is 74.0 Å². The van der Waals surface area contributed by atoms with Crippen LogP contribution >= 0.6 is 0 Å². The highest BCUT2D eigenvalue weighted by atomic mass is 16.3. The van der Waals surface area contributed by atoms with Crippen molar-refractivity contribution in [3.63, 3.8) is 0 Å². The second-order valence-electron chi connectivity index (χ2n) is 16.4. The molecule has 7 rings (SSSR count). The predicted molar refractivity (Wildman–Crippen MR) is 209 cm³/mol. The van der Waals surface area contributed by atoms with Crippen molar-refractivity contribution < 1.29 is 9.52 Å². The van der Waals surface area contributed by atoms with E-state index in [1.54, 1.807) is 6.21 Å². The van der Waals surface area contributed by atoms with E-state index in [2.05, 4.69) is 134 Å². The maximum Gasteiger partial charge on any atom is 0.229 e. The van der Waals surface area contributed by atoms with E-state index in [0.29, 0.717) is 11.5 Å². The van der Waals surface area contributed by atoms with E-state index in [-0.39, 0.29) is 22.0 Å². The van der Waals surface area contributed by atoms with E-state index in [1.165, 1.54) is 0 Å². The summed E-state index contributed by atoms with van der Waals surface area (Å²) in [5.41, 5.74) is 8.55. The lowest BCUT2D eigenvalue weighted by Gasteiger charge is -2.27. The molecular formula is C45H45N3O2. The minimum absolute atomic E-state index is 0.108. The normalized spacial score (nSPS) is 12.9. The molecule has 0 radical (unpaired) electrons. The summed E-state index contributed by atoms with van der Waals surface area (Å²) in [6.45, 7) is 19.6. The zero-order chi connectivity index (χ0) is 35.6. The van der Waals surface area contributed by atoms with Gasteiger partial charge in [0.25, 0.3) is 0 Å². The number of nitrogens with zero attached hydrogens (tertiary/aromatic N) is 3. The van der Waals surface area contributed by atoms with Gasteiger partial charge in [0.2, 0.25) is 5.89 Å². The zero-order valence-electron chi connectivity index (χ0n) is 30.5. The maximum atomic E-state index is 11.6. The van der Waals surface area contributed by atoms with E-state index in [4.69, 9.17) is 14.4 Å². The van der Waals surface area contributed by atoms with Crippen LogP contribution in [0.1, 0.15) is 84.6 Å². The summed E-state index contributed by atoms with van der Waals surface area (Å²) in [6, 6.07) is 29.3. The Hall–Kier alpha value is -5.29. The Morgan fingerprint density at radius 3 is 2.12 bits per heavy atom. The molecule has 0 spiro atoms. The molecule has 0 aliphatic rings. The molecule has 252 valence electrons. The first-order valence-corrected chi connectivity index (χ1v) is 17.3. The molecule has 5 nitrogen and oxygen atoms in total. The summed E-state index contributed by atoms with van der Waals surface area (Å²) in [5.74, 6) is 0.748. The SMILES string of the molecule is CC(C)(C)c1cc(C=Nc2c(-c3nc4c(-c5cccc6cnccc56)cc(C(C)(C)C)cc4o3)ccc3ccccc23)c(O)c(C(C)(C)C)c1. The summed E-state index contributed by atoms with van der Waals surface area (Å²) in [6.07, 6.45) is 5.53. The molecule has 0 saturated heterocycles. The molecule has 0 aliphatic carbocycles. The quantitative estimate of drug-likeness (QED) is 0.191. The second-order valence-corrected chi connectivity index (χ2v) is 16.4. The number of hydrogen-bond donors (Lipinski definition) is 1. The number of aromatic hydroxyl groups is 1. The fraction of sp³-hybridized carbons (Fsp3) is 0.267. The highest BCUT2D eigenvalue weighted by Gasteiger charge is 2.26. The van der Waals surface area contributed by atoms with Crippen LogP contribution in [0.5, 0.6) is 5.75 Å². The number of fused-ring (bicyclic) bond motifs is 3. The standard InChI is InChI=1S/C45H45N3O2/c1-43(2,3)30-21-29(41(49)37(23-30)45(7,8)9)26-47-39-33-15-11-10-13-27(33)17-18-35(39)42-48-40-36(22-31(44(4,5)6)24-38(40)50-42)34-16-12-14-28-25-46-20-19-32(28)34/h10-26,49H,1-9H3. The Morgan fingerprint density at radius 1 is 0.660 bits per heavy atom. The van der Waals surface area contributed by atoms with E-state index in [1.807, 2.05) is 30.6 Å². The average molecular weight is 660 g/mol. The van der Waals surface area contributed by atoms with Crippen molar-refractivity contribution in [2.45, 2.75) is 78.6 Å². The van der Waals surface area contributed by atoms with E-state index >= 15 is 0 Å². The minimum atomic E-state index is -0.249. The Morgan fingerprint density at radius 2 is 1.38 bits per heavy atom. The Kier molecular flexibility index (Phi) is 7.93. The molecule has 0 fully saturated rings. The number of pyridine rings is 1. The molecule has 0 atom stereocenters. The van der Waals surface area contributed by atoms with Gasteiger partial charge in [0.15, 0.2) is 5.58 Å². The number of hydrogen-bond acceptors (Lipinski definition) is 5. The van der Waals surface area contributed by atoms with Gasteiger partial charge in [0.05, 0.1) is 11.3 Å². The molecule has 0 amide bonds. The van der Waals surface area contributed by atoms with Crippen LogP contribution in [0.4, 0.5) is 5.69 Å². The first kappa shape index (κ1) is 33.2. The zero-order valence-corrected chi connectivity index (χ0v) is 30.5. The molecule has 0 bridgehead atoms. The fourth-order valence-electron chi connectivity index (χ4n) is 6.60. The number of oxazole rings is 1. The third kappa shape index (κ3) is 6.06. The van der Waals surface area contributed by atoms with Crippen molar-refractivity contribution in [1.29, 1.82) is 0 Å². The van der Waals surface area contributed by atoms with E-state index in [9.17, 15) is 5.11 Å². The van der Waals surface area contributed by atoms with Crippen LogP contribution in [-0.2, 0) is 16.2 Å². The van der Waals surface area contributed by atoms with Gasteiger partial charge in [0.1, 0.15) is 11.3 Å². The minimum Gasteiger partial charge on any atom is -0.507 e. The molecule has 0 saturated carbocycles. The number of aromatic nitrogens is 2. The first-order valence-electron chi connectivity index (χ1n) is 17.3. The van der Waals surface area contributed by atoms with Gasteiger partial charge in [-0.2, -0.15) is 0 Å². The number of rotatable bonds is 4. The number of aliphatic imine (C=N–C) groups is 1. The third-order valence-corrected chi connectivity index (χ3v) is 9.61. The Balaban J connectivity index is 1.47. The smallest absolute Gasteiger partial charge is 0.229 e. The summed E-state index contributed by atoms with van der Waals surface area (Å²) in [7, 11) is 0. The van der Waals surface area contributed by atoms with Crippen molar-refractivity contribution in [2.24, 2.45) is 4.99 Å². The Bertz CT molecular complexity index is 2440.